The van der Waals surface area contributed by atoms with E-state index in [0.717, 1.165) is 22.5 Å². The van der Waals surface area contributed by atoms with E-state index in [4.69, 9.17) is 0 Å². The highest BCUT2D eigenvalue weighted by Gasteiger charge is 2.26. The predicted octanol–water partition coefficient (Wildman–Crippen LogP) is 3.00. The number of pyridine rings is 1. The molecule has 1 aromatic heterocycles. The van der Waals surface area contributed by atoms with Crippen molar-refractivity contribution in [3.63, 3.8) is 0 Å². The molecular weight excluding hydrogens is 264 g/mol. The second kappa shape index (κ2) is 4.21. The average molecular weight is 279 g/mol. The number of piperidine rings is 1. The molecule has 16 heavy (non-hydrogen) atoms. The normalized spacial score (nSPS) is 20.1. The molecule has 0 amide bonds. The number of halogens is 1. The van der Waals surface area contributed by atoms with Crippen LogP contribution in [-0.4, -0.2) is 23.0 Å². The maximum Gasteiger partial charge on any atom is 0.0603 e. The van der Waals surface area contributed by atoms with E-state index in [1.807, 2.05) is 12.3 Å². The van der Waals surface area contributed by atoms with Crippen LogP contribution in [0.3, 0.4) is 0 Å². The highest BCUT2D eigenvalue weighted by molar-refractivity contribution is 9.10. The summed E-state index contributed by atoms with van der Waals surface area (Å²) in [5.74, 6) is 0.822. The van der Waals surface area contributed by atoms with Gasteiger partial charge in [0.1, 0.15) is 0 Å². The molecule has 0 aliphatic carbocycles. The van der Waals surface area contributed by atoms with Crippen molar-refractivity contribution in [1.29, 1.82) is 0 Å². The van der Waals surface area contributed by atoms with Crippen molar-refractivity contribution in [1.82, 2.24) is 9.88 Å². The van der Waals surface area contributed by atoms with Crippen molar-refractivity contribution >= 4 is 15.9 Å². The minimum Gasteiger partial charge on any atom is -0.375 e. The summed E-state index contributed by atoms with van der Waals surface area (Å²) in [5.41, 5.74) is 2.63. The molecule has 2 bridgehead atoms. The van der Waals surface area contributed by atoms with Gasteiger partial charge in [0, 0.05) is 35.9 Å². The molecule has 4 heterocycles. The molecule has 0 N–H and O–H groups in total. The zero-order valence-corrected chi connectivity index (χ0v) is 10.8. The molecule has 0 radical (unpaired) electrons. The van der Waals surface area contributed by atoms with Crippen LogP contribution in [0.2, 0.25) is 0 Å². The van der Waals surface area contributed by atoms with Crippen molar-refractivity contribution in [3.05, 3.63) is 40.3 Å². The van der Waals surface area contributed by atoms with E-state index in [1.54, 1.807) is 0 Å². The Labute approximate surface area is 104 Å². The third-order valence-electron chi connectivity index (χ3n) is 3.56. The molecule has 84 valence electrons. The van der Waals surface area contributed by atoms with E-state index in [0.29, 0.717) is 0 Å². The molecule has 2 nitrogen and oxygen atoms in total. The van der Waals surface area contributed by atoms with Crippen LogP contribution in [0.15, 0.2) is 34.6 Å². The van der Waals surface area contributed by atoms with E-state index < -0.39 is 0 Å². The summed E-state index contributed by atoms with van der Waals surface area (Å²) < 4.78 is 1.12. The lowest BCUT2D eigenvalue weighted by molar-refractivity contribution is 0.215. The van der Waals surface area contributed by atoms with Gasteiger partial charge >= 0.3 is 0 Å². The van der Waals surface area contributed by atoms with Crippen LogP contribution in [0, 0.1) is 5.92 Å². The molecule has 0 saturated carbocycles. The minimum absolute atomic E-state index is 0.822. The van der Waals surface area contributed by atoms with Crippen molar-refractivity contribution in [2.45, 2.75) is 19.3 Å². The largest absolute Gasteiger partial charge is 0.375 e. The maximum atomic E-state index is 4.44. The first kappa shape index (κ1) is 10.3. The topological polar surface area (TPSA) is 16.1 Å². The van der Waals surface area contributed by atoms with Crippen LogP contribution in [0.4, 0.5) is 0 Å². The van der Waals surface area contributed by atoms with Gasteiger partial charge in [-0.15, -0.1) is 0 Å². The lowest BCUT2D eigenvalue weighted by Gasteiger charge is -2.40. The fourth-order valence-electron chi connectivity index (χ4n) is 2.62. The molecule has 3 aliphatic heterocycles. The summed E-state index contributed by atoms with van der Waals surface area (Å²) in [6, 6.07) is 4.04. The molecule has 3 heteroatoms. The van der Waals surface area contributed by atoms with E-state index in [1.165, 1.54) is 31.6 Å². The van der Waals surface area contributed by atoms with Crippen molar-refractivity contribution in [2.24, 2.45) is 5.92 Å². The number of nitrogens with zero attached hydrogens (tertiary/aromatic N) is 2. The van der Waals surface area contributed by atoms with Gasteiger partial charge in [-0.25, -0.2) is 0 Å². The van der Waals surface area contributed by atoms with Gasteiger partial charge in [-0.2, -0.15) is 0 Å². The Hall–Kier alpha value is -0.830. The van der Waals surface area contributed by atoms with Gasteiger partial charge in [0.15, 0.2) is 0 Å². The molecule has 0 atom stereocenters. The zero-order valence-electron chi connectivity index (χ0n) is 9.19. The van der Waals surface area contributed by atoms with Crippen LogP contribution in [-0.2, 0) is 6.42 Å². The van der Waals surface area contributed by atoms with E-state index in [-0.39, 0.29) is 0 Å². The molecule has 1 saturated heterocycles. The maximum absolute atomic E-state index is 4.44. The Bertz CT molecular complexity index is 420. The molecule has 1 aromatic rings. The van der Waals surface area contributed by atoms with Crippen LogP contribution < -0.4 is 0 Å². The Morgan fingerprint density at radius 2 is 2.19 bits per heavy atom. The average Bonchev–Trinajstić information content (AvgIpc) is 2.34. The molecule has 0 aromatic carbocycles. The number of hydrogen-bond acceptors (Lipinski definition) is 2. The fourth-order valence-corrected chi connectivity index (χ4v) is 3.02. The standard InChI is InChI=1S/C13H15BrN2/c14-12-2-1-5-15-13(12)9-11-8-10-3-6-16(11)7-4-10/h1-2,5,8,10H,3-4,6-7,9H2. The summed E-state index contributed by atoms with van der Waals surface area (Å²) in [5, 5.41) is 0. The second-order valence-corrected chi connectivity index (χ2v) is 5.45. The first-order valence-electron chi connectivity index (χ1n) is 5.88. The Kier molecular flexibility index (Phi) is 2.72. The van der Waals surface area contributed by atoms with Gasteiger partial charge < -0.3 is 4.90 Å². The second-order valence-electron chi connectivity index (χ2n) is 4.59. The minimum atomic E-state index is 0.822. The lowest BCUT2D eigenvalue weighted by atomic mass is 9.89. The van der Waals surface area contributed by atoms with Gasteiger partial charge in [-0.05, 0) is 46.8 Å². The van der Waals surface area contributed by atoms with Gasteiger partial charge in [-0.3, -0.25) is 4.98 Å². The monoisotopic (exact) mass is 278 g/mol. The molecule has 0 unspecified atom stereocenters. The first-order valence-corrected chi connectivity index (χ1v) is 6.67. The molecule has 4 rings (SSSR count). The summed E-state index contributed by atoms with van der Waals surface area (Å²) in [4.78, 5) is 6.96. The Morgan fingerprint density at radius 1 is 1.38 bits per heavy atom. The number of fused-ring (bicyclic) bond motifs is 2. The number of rotatable bonds is 2. The van der Waals surface area contributed by atoms with E-state index >= 15 is 0 Å². The molecule has 0 spiro atoms. The number of aromatic nitrogens is 1. The third kappa shape index (κ3) is 1.88. The summed E-state index contributed by atoms with van der Waals surface area (Å²) in [7, 11) is 0. The SMILES string of the molecule is Brc1cccnc1CC1=CC2CCN1CC2. The van der Waals surface area contributed by atoms with Gasteiger partial charge in [0.2, 0.25) is 0 Å². The van der Waals surface area contributed by atoms with E-state index in [2.05, 4.69) is 38.0 Å². The van der Waals surface area contributed by atoms with E-state index in [9.17, 15) is 0 Å². The summed E-state index contributed by atoms with van der Waals surface area (Å²) >= 11 is 3.57. The molecule has 3 aliphatic rings. The summed E-state index contributed by atoms with van der Waals surface area (Å²) in [6.07, 6.45) is 7.98. The van der Waals surface area contributed by atoms with Crippen LogP contribution in [0.1, 0.15) is 18.5 Å². The van der Waals surface area contributed by atoms with Gasteiger partial charge in [-0.1, -0.05) is 6.08 Å². The van der Waals surface area contributed by atoms with Crippen LogP contribution in [0.25, 0.3) is 0 Å². The fraction of sp³-hybridized carbons (Fsp3) is 0.462. The predicted molar refractivity (Wildman–Crippen MR) is 68.0 cm³/mol. The third-order valence-corrected chi connectivity index (χ3v) is 4.28. The highest BCUT2D eigenvalue weighted by Crippen LogP contribution is 2.31. The Balaban J connectivity index is 1.83. The molecular formula is C13H15BrN2. The van der Waals surface area contributed by atoms with Gasteiger partial charge in [0.05, 0.1) is 5.69 Å². The quantitative estimate of drug-likeness (QED) is 0.827. The van der Waals surface area contributed by atoms with Crippen LogP contribution in [0.5, 0.6) is 0 Å². The smallest absolute Gasteiger partial charge is 0.0603 e. The van der Waals surface area contributed by atoms with Crippen molar-refractivity contribution in [3.8, 4) is 0 Å². The van der Waals surface area contributed by atoms with Crippen LogP contribution >= 0.6 is 15.9 Å². The van der Waals surface area contributed by atoms with Crippen molar-refractivity contribution in [2.75, 3.05) is 13.1 Å². The highest BCUT2D eigenvalue weighted by atomic mass is 79.9. The molecule has 1 fully saturated rings. The number of hydrogen-bond donors (Lipinski definition) is 0. The summed E-state index contributed by atoms with van der Waals surface area (Å²) in [6.45, 7) is 2.47. The Morgan fingerprint density at radius 3 is 2.81 bits per heavy atom. The van der Waals surface area contributed by atoms with Gasteiger partial charge in [0.25, 0.3) is 0 Å². The van der Waals surface area contributed by atoms with Crippen molar-refractivity contribution < 1.29 is 0 Å². The zero-order chi connectivity index (χ0) is 11.0. The first-order chi connectivity index (χ1) is 7.83. The number of allylic oxidation sites excluding steroid dienone is 2. The lowest BCUT2D eigenvalue weighted by Crippen LogP contribution is -2.38.